The number of anilines is 1. The molecule has 0 bridgehead atoms. The molecule has 5 rings (SSSR count). The Morgan fingerprint density at radius 2 is 1.61 bits per heavy atom. The Morgan fingerprint density at radius 1 is 0.903 bits per heavy atom. The number of carboxylic acids is 1. The van der Waals surface area contributed by atoms with Gasteiger partial charge in [0, 0.05) is 18.0 Å². The number of fused-ring (bicyclic) bond motifs is 3. The number of hydrogen-bond donors (Lipinski definition) is 1. The highest BCUT2D eigenvalue weighted by Crippen LogP contribution is 2.44. The minimum atomic E-state index is -0.944. The lowest BCUT2D eigenvalue weighted by molar-refractivity contribution is -0.119. The van der Waals surface area contributed by atoms with Crippen LogP contribution in [0.4, 0.5) is 5.69 Å². The number of benzene rings is 4. The Kier molecular flexibility index (Phi) is 4.75. The van der Waals surface area contributed by atoms with Crippen LogP contribution in [-0.2, 0) is 11.3 Å². The minimum Gasteiger partial charge on any atom is -0.478 e. The van der Waals surface area contributed by atoms with Crippen molar-refractivity contribution in [2.24, 2.45) is 0 Å². The smallest absolute Gasteiger partial charge is 0.335 e. The summed E-state index contributed by atoms with van der Waals surface area (Å²) in [5, 5.41) is 11.3. The summed E-state index contributed by atoms with van der Waals surface area (Å²) in [5.41, 5.74) is 4.39. The predicted molar refractivity (Wildman–Crippen MR) is 121 cm³/mol. The molecule has 0 fully saturated rings. The molecule has 0 radical (unpaired) electrons. The molecule has 0 saturated carbocycles. The van der Waals surface area contributed by atoms with E-state index in [2.05, 4.69) is 12.1 Å². The molecule has 0 unspecified atom stereocenters. The molecule has 0 aromatic heterocycles. The van der Waals surface area contributed by atoms with Crippen LogP contribution in [0, 0.1) is 0 Å². The molecular weight excluding hydrogens is 386 g/mol. The van der Waals surface area contributed by atoms with Crippen molar-refractivity contribution >= 4 is 28.3 Å². The summed E-state index contributed by atoms with van der Waals surface area (Å²) < 4.78 is 0. The van der Waals surface area contributed by atoms with E-state index in [1.807, 2.05) is 71.6 Å². The monoisotopic (exact) mass is 407 g/mol. The second-order valence-corrected chi connectivity index (χ2v) is 7.87. The Hall–Kier alpha value is -3.92. The topological polar surface area (TPSA) is 57.6 Å². The summed E-state index contributed by atoms with van der Waals surface area (Å²) in [6, 6.07) is 29.1. The summed E-state index contributed by atoms with van der Waals surface area (Å²) in [7, 11) is 0. The van der Waals surface area contributed by atoms with Crippen molar-refractivity contribution in [1.82, 2.24) is 0 Å². The first-order valence-corrected chi connectivity index (χ1v) is 10.3. The Morgan fingerprint density at radius 3 is 2.32 bits per heavy atom. The van der Waals surface area contributed by atoms with E-state index in [1.54, 1.807) is 12.1 Å². The van der Waals surface area contributed by atoms with E-state index >= 15 is 0 Å². The summed E-state index contributed by atoms with van der Waals surface area (Å²) in [4.78, 5) is 26.6. The molecule has 4 aromatic rings. The van der Waals surface area contributed by atoms with Gasteiger partial charge in [-0.3, -0.25) is 4.79 Å². The molecule has 31 heavy (non-hydrogen) atoms. The lowest BCUT2D eigenvalue weighted by Crippen LogP contribution is -2.36. The van der Waals surface area contributed by atoms with Crippen LogP contribution < -0.4 is 4.90 Å². The number of hydrogen-bond acceptors (Lipinski definition) is 2. The van der Waals surface area contributed by atoms with E-state index in [4.69, 9.17) is 0 Å². The largest absolute Gasteiger partial charge is 0.478 e. The maximum Gasteiger partial charge on any atom is 0.335 e. The van der Waals surface area contributed by atoms with Gasteiger partial charge in [-0.1, -0.05) is 72.8 Å². The number of nitrogens with zero attached hydrogens (tertiary/aromatic N) is 1. The second-order valence-electron chi connectivity index (χ2n) is 7.87. The van der Waals surface area contributed by atoms with Crippen LogP contribution >= 0.6 is 0 Å². The Bertz CT molecular complexity index is 1280. The molecule has 1 N–H and O–H groups in total. The lowest BCUT2D eigenvalue weighted by atomic mass is 9.81. The molecule has 1 atom stereocenters. The average molecular weight is 407 g/mol. The van der Waals surface area contributed by atoms with Crippen molar-refractivity contribution in [2.75, 3.05) is 4.90 Å². The van der Waals surface area contributed by atoms with Crippen LogP contribution in [0.25, 0.3) is 10.8 Å². The number of carbonyl (C=O) groups excluding carboxylic acids is 1. The van der Waals surface area contributed by atoms with Gasteiger partial charge in [0.1, 0.15) is 0 Å². The molecule has 4 aromatic carbocycles. The number of rotatable bonds is 4. The van der Waals surface area contributed by atoms with Crippen LogP contribution in [0.5, 0.6) is 0 Å². The molecule has 1 heterocycles. The third-order valence-electron chi connectivity index (χ3n) is 5.99. The number of aromatic carboxylic acids is 1. The van der Waals surface area contributed by atoms with Crippen molar-refractivity contribution in [3.8, 4) is 0 Å². The number of carbonyl (C=O) groups is 2. The maximum absolute atomic E-state index is 13.3. The van der Waals surface area contributed by atoms with E-state index in [0.717, 1.165) is 33.2 Å². The van der Waals surface area contributed by atoms with E-state index in [-0.39, 0.29) is 17.4 Å². The van der Waals surface area contributed by atoms with Crippen LogP contribution in [0.1, 0.15) is 39.4 Å². The molecule has 152 valence electrons. The highest BCUT2D eigenvalue weighted by atomic mass is 16.4. The number of amides is 1. The van der Waals surface area contributed by atoms with Gasteiger partial charge >= 0.3 is 5.97 Å². The van der Waals surface area contributed by atoms with Crippen LogP contribution in [0.2, 0.25) is 0 Å². The van der Waals surface area contributed by atoms with E-state index in [9.17, 15) is 14.7 Å². The van der Waals surface area contributed by atoms with Crippen molar-refractivity contribution < 1.29 is 14.7 Å². The summed E-state index contributed by atoms with van der Waals surface area (Å²) in [6.45, 7) is 0.507. The number of carboxylic acid groups (broad SMARTS) is 1. The Labute approximate surface area is 180 Å². The van der Waals surface area contributed by atoms with Crippen LogP contribution in [0.15, 0.2) is 91.0 Å². The molecule has 1 amide bonds. The first kappa shape index (κ1) is 19.1. The minimum absolute atomic E-state index is 0.0740. The van der Waals surface area contributed by atoms with Crippen LogP contribution in [-0.4, -0.2) is 17.0 Å². The van der Waals surface area contributed by atoms with E-state index < -0.39 is 5.97 Å². The van der Waals surface area contributed by atoms with E-state index in [1.165, 1.54) is 0 Å². The highest BCUT2D eigenvalue weighted by molar-refractivity contribution is 6.04. The van der Waals surface area contributed by atoms with Gasteiger partial charge in [0.25, 0.3) is 0 Å². The van der Waals surface area contributed by atoms with E-state index in [0.29, 0.717) is 13.0 Å². The fourth-order valence-electron chi connectivity index (χ4n) is 4.51. The van der Waals surface area contributed by atoms with Gasteiger partial charge in [-0.05, 0) is 45.7 Å². The average Bonchev–Trinajstić information content (AvgIpc) is 2.81. The summed E-state index contributed by atoms with van der Waals surface area (Å²) >= 11 is 0. The van der Waals surface area contributed by atoms with Gasteiger partial charge < -0.3 is 10.0 Å². The summed E-state index contributed by atoms with van der Waals surface area (Å²) in [5.74, 6) is -0.929. The Balaban J connectivity index is 1.71. The van der Waals surface area contributed by atoms with Gasteiger partial charge in [0.15, 0.2) is 0 Å². The molecule has 4 heteroatoms. The normalized spacial score (nSPS) is 15.7. The van der Waals surface area contributed by atoms with Crippen molar-refractivity contribution in [2.45, 2.75) is 18.9 Å². The standard InChI is InChI=1S/C27H21NO3/c29-25-16-23(19-9-5-2-6-10-19)26-22-13-11-21(27(30)31)15-20(22)12-14-24(26)28(25)17-18-7-3-1-4-8-18/h1-15,23H,16-17H2,(H,30,31)/t23-/m1/s1. The third kappa shape index (κ3) is 3.46. The van der Waals surface area contributed by atoms with Gasteiger partial charge in [0.05, 0.1) is 12.1 Å². The van der Waals surface area contributed by atoms with Gasteiger partial charge in [0.2, 0.25) is 5.91 Å². The molecule has 1 aliphatic heterocycles. The molecule has 0 aliphatic carbocycles. The molecular formula is C27H21NO3. The SMILES string of the molecule is O=C(O)c1ccc2c3c(ccc2c1)N(Cc1ccccc1)C(=O)C[C@@H]3c1ccccc1. The third-order valence-corrected chi connectivity index (χ3v) is 5.99. The molecule has 4 nitrogen and oxygen atoms in total. The van der Waals surface area contributed by atoms with Gasteiger partial charge in [-0.25, -0.2) is 4.79 Å². The van der Waals surface area contributed by atoms with Crippen molar-refractivity contribution in [1.29, 1.82) is 0 Å². The first-order chi connectivity index (χ1) is 15.1. The van der Waals surface area contributed by atoms with Gasteiger partial charge in [-0.15, -0.1) is 0 Å². The fraction of sp³-hybridized carbons (Fsp3) is 0.111. The zero-order valence-corrected chi connectivity index (χ0v) is 16.9. The lowest BCUT2D eigenvalue weighted by Gasteiger charge is -2.35. The zero-order chi connectivity index (χ0) is 21.4. The highest BCUT2D eigenvalue weighted by Gasteiger charge is 2.33. The quantitative estimate of drug-likeness (QED) is 0.479. The van der Waals surface area contributed by atoms with Crippen LogP contribution in [0.3, 0.4) is 0 Å². The second kappa shape index (κ2) is 7.73. The predicted octanol–water partition coefficient (Wildman–Crippen LogP) is 5.61. The van der Waals surface area contributed by atoms with Gasteiger partial charge in [-0.2, -0.15) is 0 Å². The molecule has 0 spiro atoms. The fourth-order valence-corrected chi connectivity index (χ4v) is 4.51. The maximum atomic E-state index is 13.3. The zero-order valence-electron chi connectivity index (χ0n) is 16.9. The van der Waals surface area contributed by atoms with Crippen molar-refractivity contribution in [3.05, 3.63) is 113 Å². The first-order valence-electron chi connectivity index (χ1n) is 10.3. The molecule has 0 saturated heterocycles. The molecule has 1 aliphatic rings. The van der Waals surface area contributed by atoms with Crippen molar-refractivity contribution in [3.63, 3.8) is 0 Å². The summed E-state index contributed by atoms with van der Waals surface area (Å²) in [6.07, 6.45) is 0.379.